The molecular formula is C17H25NO3. The topological polar surface area (TPSA) is 39.7 Å². The molecule has 0 radical (unpaired) electrons. The van der Waals surface area contributed by atoms with Gasteiger partial charge in [0.05, 0.1) is 6.61 Å². The molecule has 0 aromatic heterocycles. The van der Waals surface area contributed by atoms with Gasteiger partial charge in [-0.25, -0.2) is 0 Å². The SMILES string of the molecule is CCCNC1CCCC1CCOc1ccc2c(c1)OCO2. The summed E-state index contributed by atoms with van der Waals surface area (Å²) in [6.45, 7) is 4.43. The van der Waals surface area contributed by atoms with Gasteiger partial charge in [0.25, 0.3) is 0 Å². The van der Waals surface area contributed by atoms with Gasteiger partial charge in [0.2, 0.25) is 6.79 Å². The normalized spacial score (nSPS) is 23.5. The number of fused-ring (bicyclic) bond motifs is 1. The van der Waals surface area contributed by atoms with Gasteiger partial charge < -0.3 is 19.5 Å². The van der Waals surface area contributed by atoms with Crippen molar-refractivity contribution in [2.45, 2.75) is 45.1 Å². The smallest absolute Gasteiger partial charge is 0.231 e. The fourth-order valence-electron chi connectivity index (χ4n) is 3.28. The van der Waals surface area contributed by atoms with Crippen LogP contribution in [0.5, 0.6) is 17.2 Å². The monoisotopic (exact) mass is 291 g/mol. The summed E-state index contributed by atoms with van der Waals surface area (Å²) in [5, 5.41) is 3.67. The molecule has 0 saturated heterocycles. The van der Waals surface area contributed by atoms with E-state index in [1.165, 1.54) is 25.7 Å². The van der Waals surface area contributed by atoms with Crippen LogP contribution in [0.25, 0.3) is 0 Å². The number of hydrogen-bond donors (Lipinski definition) is 1. The zero-order valence-electron chi connectivity index (χ0n) is 12.8. The minimum Gasteiger partial charge on any atom is -0.493 e. The summed E-state index contributed by atoms with van der Waals surface area (Å²) in [4.78, 5) is 0. The van der Waals surface area contributed by atoms with Crippen LogP contribution < -0.4 is 19.5 Å². The Balaban J connectivity index is 1.45. The van der Waals surface area contributed by atoms with Crippen LogP contribution in [0.15, 0.2) is 18.2 Å². The fourth-order valence-corrected chi connectivity index (χ4v) is 3.28. The van der Waals surface area contributed by atoms with Crippen molar-refractivity contribution in [3.8, 4) is 17.2 Å². The molecule has 1 heterocycles. The summed E-state index contributed by atoms with van der Waals surface area (Å²) in [6, 6.07) is 6.47. The average Bonchev–Trinajstić information content (AvgIpc) is 3.13. The zero-order valence-corrected chi connectivity index (χ0v) is 12.8. The first kappa shape index (κ1) is 14.5. The third-order valence-corrected chi connectivity index (χ3v) is 4.42. The molecule has 0 bridgehead atoms. The van der Waals surface area contributed by atoms with E-state index in [1.54, 1.807) is 0 Å². The van der Waals surface area contributed by atoms with Crippen molar-refractivity contribution in [3.63, 3.8) is 0 Å². The van der Waals surface area contributed by atoms with Crippen molar-refractivity contribution in [1.82, 2.24) is 5.32 Å². The average molecular weight is 291 g/mol. The molecule has 0 spiro atoms. The molecule has 4 heteroatoms. The van der Waals surface area contributed by atoms with Gasteiger partial charge >= 0.3 is 0 Å². The summed E-state index contributed by atoms with van der Waals surface area (Å²) < 4.78 is 16.6. The quantitative estimate of drug-likeness (QED) is 0.836. The predicted molar refractivity (Wildman–Crippen MR) is 82.1 cm³/mol. The highest BCUT2D eigenvalue weighted by Crippen LogP contribution is 2.35. The summed E-state index contributed by atoms with van der Waals surface area (Å²) in [7, 11) is 0. The number of benzene rings is 1. The second-order valence-corrected chi connectivity index (χ2v) is 5.90. The van der Waals surface area contributed by atoms with Gasteiger partial charge in [0.15, 0.2) is 11.5 Å². The van der Waals surface area contributed by atoms with Crippen molar-refractivity contribution < 1.29 is 14.2 Å². The van der Waals surface area contributed by atoms with E-state index < -0.39 is 0 Å². The van der Waals surface area contributed by atoms with Crippen molar-refractivity contribution >= 4 is 0 Å². The van der Waals surface area contributed by atoms with Gasteiger partial charge in [-0.05, 0) is 50.3 Å². The lowest BCUT2D eigenvalue weighted by Gasteiger charge is -2.21. The van der Waals surface area contributed by atoms with E-state index in [1.807, 2.05) is 18.2 Å². The third kappa shape index (κ3) is 3.62. The predicted octanol–water partition coefficient (Wildman–Crippen LogP) is 3.35. The third-order valence-electron chi connectivity index (χ3n) is 4.42. The number of nitrogens with one attached hydrogen (secondary N) is 1. The van der Waals surface area contributed by atoms with E-state index >= 15 is 0 Å². The number of ether oxygens (including phenoxy) is 3. The van der Waals surface area contributed by atoms with Crippen molar-refractivity contribution in [2.75, 3.05) is 19.9 Å². The van der Waals surface area contributed by atoms with Crippen LogP contribution >= 0.6 is 0 Å². The molecule has 1 fully saturated rings. The van der Waals surface area contributed by atoms with Crippen LogP contribution in [0.3, 0.4) is 0 Å². The molecule has 21 heavy (non-hydrogen) atoms. The number of hydrogen-bond acceptors (Lipinski definition) is 4. The molecule has 1 aromatic carbocycles. The molecule has 4 nitrogen and oxygen atoms in total. The van der Waals surface area contributed by atoms with Crippen LogP contribution in [-0.4, -0.2) is 26.0 Å². The second kappa shape index (κ2) is 7.03. The maximum atomic E-state index is 5.88. The molecule has 1 aliphatic heterocycles. The fraction of sp³-hybridized carbons (Fsp3) is 0.647. The molecule has 2 unspecified atom stereocenters. The Bertz CT molecular complexity index is 463. The van der Waals surface area contributed by atoms with Gasteiger partial charge in [0, 0.05) is 12.1 Å². The Morgan fingerprint density at radius 2 is 2.14 bits per heavy atom. The molecule has 1 N–H and O–H groups in total. The highest BCUT2D eigenvalue weighted by molar-refractivity contribution is 5.46. The standard InChI is InChI=1S/C17H25NO3/c1-2-9-18-15-5-3-4-13(15)8-10-19-14-6-7-16-17(11-14)21-12-20-16/h6-7,11,13,15,18H,2-5,8-10,12H2,1H3. The van der Waals surface area contributed by atoms with Crippen LogP contribution in [-0.2, 0) is 0 Å². The number of rotatable bonds is 7. The highest BCUT2D eigenvalue weighted by Gasteiger charge is 2.26. The minimum absolute atomic E-state index is 0.311. The first-order valence-corrected chi connectivity index (χ1v) is 8.12. The lowest BCUT2D eigenvalue weighted by atomic mass is 10.00. The van der Waals surface area contributed by atoms with Crippen LogP contribution in [0.4, 0.5) is 0 Å². The van der Waals surface area contributed by atoms with E-state index in [0.29, 0.717) is 12.8 Å². The minimum atomic E-state index is 0.311. The molecule has 3 rings (SSSR count). The van der Waals surface area contributed by atoms with E-state index in [0.717, 1.165) is 42.7 Å². The Labute approximate surface area is 126 Å². The van der Waals surface area contributed by atoms with Crippen LogP contribution in [0.2, 0.25) is 0 Å². The molecule has 2 atom stereocenters. The van der Waals surface area contributed by atoms with E-state index in [2.05, 4.69) is 12.2 Å². The van der Waals surface area contributed by atoms with Crippen molar-refractivity contribution in [2.24, 2.45) is 5.92 Å². The summed E-state index contributed by atoms with van der Waals surface area (Å²) >= 11 is 0. The molecule has 1 aliphatic carbocycles. The Kier molecular flexibility index (Phi) is 4.86. The van der Waals surface area contributed by atoms with Gasteiger partial charge in [-0.1, -0.05) is 13.3 Å². The Morgan fingerprint density at radius 3 is 3.05 bits per heavy atom. The molecule has 1 saturated carbocycles. The highest BCUT2D eigenvalue weighted by atomic mass is 16.7. The van der Waals surface area contributed by atoms with Gasteiger partial charge in [-0.2, -0.15) is 0 Å². The maximum Gasteiger partial charge on any atom is 0.231 e. The Morgan fingerprint density at radius 1 is 1.24 bits per heavy atom. The second-order valence-electron chi connectivity index (χ2n) is 5.90. The van der Waals surface area contributed by atoms with Gasteiger partial charge in [-0.3, -0.25) is 0 Å². The zero-order chi connectivity index (χ0) is 14.5. The van der Waals surface area contributed by atoms with Gasteiger partial charge in [-0.15, -0.1) is 0 Å². The van der Waals surface area contributed by atoms with Crippen molar-refractivity contribution in [1.29, 1.82) is 0 Å². The maximum absolute atomic E-state index is 5.88. The molecule has 1 aromatic rings. The molecule has 116 valence electrons. The Hall–Kier alpha value is -1.42. The van der Waals surface area contributed by atoms with Crippen LogP contribution in [0.1, 0.15) is 39.0 Å². The summed E-state index contributed by atoms with van der Waals surface area (Å²) in [5.41, 5.74) is 0. The van der Waals surface area contributed by atoms with E-state index in [-0.39, 0.29) is 0 Å². The van der Waals surface area contributed by atoms with Crippen molar-refractivity contribution in [3.05, 3.63) is 18.2 Å². The first-order valence-electron chi connectivity index (χ1n) is 8.12. The lowest BCUT2D eigenvalue weighted by Crippen LogP contribution is -2.33. The largest absolute Gasteiger partial charge is 0.493 e. The summed E-state index contributed by atoms with van der Waals surface area (Å²) in [5.74, 6) is 3.22. The van der Waals surface area contributed by atoms with Crippen LogP contribution in [0, 0.1) is 5.92 Å². The summed E-state index contributed by atoms with van der Waals surface area (Å²) in [6.07, 6.45) is 6.31. The first-order chi connectivity index (χ1) is 10.4. The van der Waals surface area contributed by atoms with Gasteiger partial charge in [0.1, 0.15) is 5.75 Å². The molecular weight excluding hydrogens is 266 g/mol. The lowest BCUT2D eigenvalue weighted by molar-refractivity contribution is 0.173. The van der Waals surface area contributed by atoms with E-state index in [4.69, 9.17) is 14.2 Å². The molecule has 2 aliphatic rings. The van der Waals surface area contributed by atoms with E-state index in [9.17, 15) is 0 Å². The molecule has 0 amide bonds.